The third kappa shape index (κ3) is 6.15. The highest BCUT2D eigenvalue weighted by Gasteiger charge is 2.06. The van der Waals surface area contributed by atoms with Gasteiger partial charge in [-0.3, -0.25) is 0 Å². The van der Waals surface area contributed by atoms with Gasteiger partial charge in [0.05, 0.1) is 0 Å². The normalized spacial score (nSPS) is 14.6. The molecule has 1 heteroatoms. The molecular weight excluding hydrogens is 208 g/mol. The molecule has 0 unspecified atom stereocenters. The van der Waals surface area contributed by atoms with Crippen molar-refractivity contribution in [2.24, 2.45) is 0 Å². The maximum Gasteiger partial charge on any atom is 0.106 e. The highest BCUT2D eigenvalue weighted by atomic mass is 16.5. The molecule has 0 fully saturated rings. The van der Waals surface area contributed by atoms with Crippen molar-refractivity contribution in [1.29, 1.82) is 0 Å². The highest BCUT2D eigenvalue weighted by Crippen LogP contribution is 2.21. The van der Waals surface area contributed by atoms with Crippen LogP contribution in [0.25, 0.3) is 0 Å². The van der Waals surface area contributed by atoms with Crippen molar-refractivity contribution < 1.29 is 4.74 Å². The first-order chi connectivity index (χ1) is 8.08. The van der Waals surface area contributed by atoms with E-state index in [1.165, 1.54) is 16.7 Å². The van der Waals surface area contributed by atoms with E-state index in [-0.39, 0.29) is 0 Å². The first-order valence-electron chi connectivity index (χ1n) is 6.20. The Hall–Kier alpha value is -1.24. The van der Waals surface area contributed by atoms with E-state index in [0.29, 0.717) is 6.61 Å². The predicted octanol–water partition coefficient (Wildman–Crippen LogP) is 4.74. The summed E-state index contributed by atoms with van der Waals surface area (Å²) in [4.78, 5) is 0. The summed E-state index contributed by atoms with van der Waals surface area (Å²) in [6, 6.07) is 0. The molecule has 0 aromatic heterocycles. The largest absolute Gasteiger partial charge is 0.494 e. The van der Waals surface area contributed by atoms with Crippen molar-refractivity contribution in [3.8, 4) is 0 Å². The van der Waals surface area contributed by atoms with Crippen LogP contribution in [0.15, 0.2) is 46.8 Å². The van der Waals surface area contributed by atoms with Crippen LogP contribution in [0.2, 0.25) is 0 Å². The van der Waals surface area contributed by atoms with Gasteiger partial charge < -0.3 is 4.74 Å². The molecule has 0 atom stereocenters. The molecule has 0 bridgehead atoms. The molecule has 0 N–H and O–H groups in total. The molecular formula is C16H23O. The Morgan fingerprint density at radius 3 is 2.35 bits per heavy atom. The van der Waals surface area contributed by atoms with Crippen molar-refractivity contribution in [1.82, 2.24) is 0 Å². The molecule has 0 aromatic rings. The van der Waals surface area contributed by atoms with Gasteiger partial charge >= 0.3 is 0 Å². The number of hydrogen-bond donors (Lipinski definition) is 0. The maximum absolute atomic E-state index is 5.64. The Bertz CT molecular complexity index is 359. The van der Waals surface area contributed by atoms with Gasteiger partial charge in [-0.15, -0.1) is 0 Å². The van der Waals surface area contributed by atoms with E-state index < -0.39 is 0 Å². The summed E-state index contributed by atoms with van der Waals surface area (Å²) in [6.45, 7) is 9.11. The Balaban J connectivity index is 2.42. The van der Waals surface area contributed by atoms with Gasteiger partial charge in [-0.05, 0) is 52.7 Å². The second kappa shape index (κ2) is 7.16. The quantitative estimate of drug-likeness (QED) is 0.621. The molecule has 0 aromatic carbocycles. The smallest absolute Gasteiger partial charge is 0.106 e. The van der Waals surface area contributed by atoms with Gasteiger partial charge in [-0.25, -0.2) is 0 Å². The summed E-state index contributed by atoms with van der Waals surface area (Å²) in [5.74, 6) is 0.989. The molecule has 0 spiro atoms. The molecule has 1 aliphatic rings. The van der Waals surface area contributed by atoms with E-state index in [4.69, 9.17) is 4.74 Å². The maximum atomic E-state index is 5.64. The van der Waals surface area contributed by atoms with Gasteiger partial charge in [0.2, 0.25) is 0 Å². The molecule has 17 heavy (non-hydrogen) atoms. The number of ether oxygens (including phenoxy) is 1. The first kappa shape index (κ1) is 13.8. The van der Waals surface area contributed by atoms with E-state index in [1.54, 1.807) is 0 Å². The van der Waals surface area contributed by atoms with Crippen LogP contribution in [0.3, 0.4) is 0 Å². The van der Waals surface area contributed by atoms with Crippen LogP contribution < -0.4 is 0 Å². The molecule has 1 aliphatic carbocycles. The molecule has 1 rings (SSSR count). The van der Waals surface area contributed by atoms with Gasteiger partial charge in [0.25, 0.3) is 0 Å². The topological polar surface area (TPSA) is 9.23 Å². The number of hydrogen-bond acceptors (Lipinski definition) is 1. The Morgan fingerprint density at radius 1 is 1.12 bits per heavy atom. The van der Waals surface area contributed by atoms with Gasteiger partial charge in [0.15, 0.2) is 0 Å². The third-order valence-electron chi connectivity index (χ3n) is 2.56. The van der Waals surface area contributed by atoms with Crippen LogP contribution in [0.4, 0.5) is 0 Å². The monoisotopic (exact) mass is 231 g/mol. The molecule has 1 nitrogen and oxygen atoms in total. The fraction of sp³-hybridized carbons (Fsp3) is 0.438. The summed E-state index contributed by atoms with van der Waals surface area (Å²) in [5.41, 5.74) is 4.11. The zero-order valence-corrected chi connectivity index (χ0v) is 11.4. The van der Waals surface area contributed by atoms with E-state index >= 15 is 0 Å². The average Bonchev–Trinajstić information content (AvgIpc) is 2.27. The first-order valence-corrected chi connectivity index (χ1v) is 6.20. The van der Waals surface area contributed by atoms with Crippen molar-refractivity contribution >= 4 is 0 Å². The van der Waals surface area contributed by atoms with E-state index in [9.17, 15) is 0 Å². The molecule has 0 amide bonds. The number of rotatable bonds is 5. The summed E-state index contributed by atoms with van der Waals surface area (Å²) in [6.07, 6.45) is 12.8. The average molecular weight is 231 g/mol. The van der Waals surface area contributed by atoms with Gasteiger partial charge in [-0.1, -0.05) is 28.9 Å². The predicted molar refractivity (Wildman–Crippen MR) is 74.5 cm³/mol. The van der Waals surface area contributed by atoms with Crippen LogP contribution in [-0.4, -0.2) is 6.61 Å². The molecule has 0 saturated heterocycles. The second-order valence-corrected chi connectivity index (χ2v) is 4.88. The summed E-state index contributed by atoms with van der Waals surface area (Å²) in [7, 11) is 0. The minimum Gasteiger partial charge on any atom is -0.494 e. The number of allylic oxidation sites excluding steroid dienone is 7. The van der Waals surface area contributed by atoms with Crippen LogP contribution in [-0.2, 0) is 4.74 Å². The fourth-order valence-corrected chi connectivity index (χ4v) is 1.47. The van der Waals surface area contributed by atoms with Crippen LogP contribution in [0.1, 0.15) is 40.5 Å². The SMILES string of the molecule is CC(C)=CCOC1=CC=C(CC=C(C)C)C[CH]1. The minimum atomic E-state index is 0.668. The van der Waals surface area contributed by atoms with Crippen molar-refractivity contribution in [3.05, 3.63) is 53.2 Å². The molecule has 1 radical (unpaired) electrons. The molecule has 93 valence electrons. The van der Waals surface area contributed by atoms with Crippen LogP contribution >= 0.6 is 0 Å². The lowest BCUT2D eigenvalue weighted by Crippen LogP contribution is -1.99. The lowest BCUT2D eigenvalue weighted by molar-refractivity contribution is 0.252. The lowest BCUT2D eigenvalue weighted by atomic mass is 10.00. The zero-order valence-electron chi connectivity index (χ0n) is 11.4. The van der Waals surface area contributed by atoms with E-state index in [1.807, 2.05) is 0 Å². The highest BCUT2D eigenvalue weighted by molar-refractivity contribution is 5.29. The van der Waals surface area contributed by atoms with Crippen molar-refractivity contribution in [2.75, 3.05) is 6.61 Å². The van der Waals surface area contributed by atoms with E-state index in [2.05, 4.69) is 58.4 Å². The Morgan fingerprint density at radius 2 is 1.82 bits per heavy atom. The molecule has 0 heterocycles. The summed E-state index contributed by atoms with van der Waals surface area (Å²) < 4.78 is 5.64. The van der Waals surface area contributed by atoms with Crippen LogP contribution in [0.5, 0.6) is 0 Å². The van der Waals surface area contributed by atoms with Gasteiger partial charge in [0.1, 0.15) is 12.4 Å². The lowest BCUT2D eigenvalue weighted by Gasteiger charge is -2.14. The standard InChI is InChI=1S/C16H23O/c1-13(2)5-6-15-7-9-16(10-8-15)17-12-11-14(3)4/h5,7,9-11H,6,8,12H2,1-4H3. The zero-order chi connectivity index (χ0) is 12.7. The van der Waals surface area contributed by atoms with Crippen LogP contribution in [0, 0.1) is 6.42 Å². The minimum absolute atomic E-state index is 0.668. The fourth-order valence-electron chi connectivity index (χ4n) is 1.47. The Kier molecular flexibility index (Phi) is 5.82. The summed E-state index contributed by atoms with van der Waals surface area (Å²) >= 11 is 0. The molecule has 0 saturated carbocycles. The Labute approximate surface area is 106 Å². The molecule has 0 aliphatic heterocycles. The van der Waals surface area contributed by atoms with Crippen molar-refractivity contribution in [2.45, 2.75) is 40.5 Å². The van der Waals surface area contributed by atoms with Crippen molar-refractivity contribution in [3.63, 3.8) is 0 Å². The van der Waals surface area contributed by atoms with Gasteiger partial charge in [0, 0.05) is 6.42 Å². The summed E-state index contributed by atoms with van der Waals surface area (Å²) in [5, 5.41) is 0. The second-order valence-electron chi connectivity index (χ2n) is 4.88. The van der Waals surface area contributed by atoms with Gasteiger partial charge in [-0.2, -0.15) is 0 Å². The third-order valence-corrected chi connectivity index (χ3v) is 2.56. The van der Waals surface area contributed by atoms with E-state index in [0.717, 1.165) is 18.6 Å².